The van der Waals surface area contributed by atoms with Gasteiger partial charge in [-0.1, -0.05) is 12.2 Å². The van der Waals surface area contributed by atoms with Gasteiger partial charge in [0, 0.05) is 0 Å². The molecule has 0 radical (unpaired) electrons. The van der Waals surface area contributed by atoms with Gasteiger partial charge in [-0.25, -0.2) is 0 Å². The maximum absolute atomic E-state index is 11.1. The topological polar surface area (TPSA) is 50.1 Å². The van der Waals surface area contributed by atoms with Gasteiger partial charge in [0.1, 0.15) is 0 Å². The number of rotatable bonds is 1. The van der Waals surface area contributed by atoms with Gasteiger partial charge >= 0.3 is 5.97 Å². The highest BCUT2D eigenvalue weighted by atomic mass is 16.5. The Bertz CT molecular complexity index is 239. The van der Waals surface area contributed by atoms with Crippen molar-refractivity contribution in [2.24, 2.45) is 11.8 Å². The highest BCUT2D eigenvalue weighted by Crippen LogP contribution is 2.25. The lowest BCUT2D eigenvalue weighted by molar-refractivity contribution is -0.146. The zero-order valence-corrected chi connectivity index (χ0v) is 6.99. The second-order valence-corrected chi connectivity index (χ2v) is 2.81. The van der Waals surface area contributed by atoms with E-state index in [1.807, 2.05) is 12.2 Å². The summed E-state index contributed by atoms with van der Waals surface area (Å²) >= 11 is 0. The predicted octanol–water partition coefficient (Wildman–Crippen LogP) is 1.27. The zero-order chi connectivity index (χ0) is 8.97. The van der Waals surface area contributed by atoms with E-state index in [9.17, 15) is 4.79 Å². The minimum Gasteiger partial charge on any atom is -0.469 e. The van der Waals surface area contributed by atoms with Crippen LogP contribution in [0.4, 0.5) is 0 Å². The lowest BCUT2D eigenvalue weighted by atomic mass is 9.84. The van der Waals surface area contributed by atoms with Crippen LogP contribution in [0.25, 0.3) is 0 Å². The molecule has 1 rings (SSSR count). The normalized spacial score (nSPS) is 27.7. The minimum atomic E-state index is -0.272. The van der Waals surface area contributed by atoms with Crippen LogP contribution in [0.1, 0.15) is 12.8 Å². The highest BCUT2D eigenvalue weighted by molar-refractivity contribution is 5.73. The SMILES string of the molecule is COC(=O)C1CC=CCC1C#N. The lowest BCUT2D eigenvalue weighted by Crippen LogP contribution is -2.25. The molecule has 1 aliphatic carbocycles. The zero-order valence-electron chi connectivity index (χ0n) is 6.99. The van der Waals surface area contributed by atoms with Gasteiger partial charge in [-0.2, -0.15) is 5.26 Å². The second kappa shape index (κ2) is 3.91. The summed E-state index contributed by atoms with van der Waals surface area (Å²) in [6.07, 6.45) is 5.16. The summed E-state index contributed by atoms with van der Waals surface area (Å²) in [4.78, 5) is 11.1. The summed E-state index contributed by atoms with van der Waals surface area (Å²) in [5, 5.41) is 8.71. The maximum atomic E-state index is 11.1. The largest absolute Gasteiger partial charge is 0.469 e. The number of nitrogens with zero attached hydrogens (tertiary/aromatic N) is 1. The number of carbonyl (C=O) groups excluding carboxylic acids is 1. The van der Waals surface area contributed by atoms with Crippen LogP contribution in [0.3, 0.4) is 0 Å². The Hall–Kier alpha value is -1.30. The van der Waals surface area contributed by atoms with Crippen molar-refractivity contribution in [3.05, 3.63) is 12.2 Å². The van der Waals surface area contributed by atoms with Crippen molar-refractivity contribution in [1.82, 2.24) is 0 Å². The van der Waals surface area contributed by atoms with E-state index in [1.165, 1.54) is 7.11 Å². The Kier molecular flexibility index (Phi) is 2.87. The molecule has 2 atom stereocenters. The van der Waals surface area contributed by atoms with Crippen LogP contribution in [-0.4, -0.2) is 13.1 Å². The molecule has 0 N–H and O–H groups in total. The summed E-state index contributed by atoms with van der Waals surface area (Å²) in [5.41, 5.74) is 0. The van der Waals surface area contributed by atoms with Crippen LogP contribution < -0.4 is 0 Å². The lowest BCUT2D eigenvalue weighted by Gasteiger charge is -2.19. The number of allylic oxidation sites excluding steroid dienone is 2. The smallest absolute Gasteiger partial charge is 0.310 e. The Morgan fingerprint density at radius 1 is 1.58 bits per heavy atom. The van der Waals surface area contributed by atoms with Crippen LogP contribution in [0, 0.1) is 23.2 Å². The summed E-state index contributed by atoms with van der Waals surface area (Å²) in [6, 6.07) is 2.12. The molecule has 0 aromatic rings. The van der Waals surface area contributed by atoms with Crippen LogP contribution in [-0.2, 0) is 9.53 Å². The van der Waals surface area contributed by atoms with Gasteiger partial charge in [-0.15, -0.1) is 0 Å². The first-order chi connectivity index (χ1) is 5.79. The fraction of sp³-hybridized carbons (Fsp3) is 0.556. The standard InChI is InChI=1S/C9H11NO2/c1-12-9(11)8-5-3-2-4-7(8)6-10/h2-3,7-8H,4-5H2,1H3. The third-order valence-corrected chi connectivity index (χ3v) is 2.10. The van der Waals surface area contributed by atoms with Gasteiger partial charge in [-0.3, -0.25) is 4.79 Å². The molecule has 0 spiro atoms. The average molecular weight is 165 g/mol. The van der Waals surface area contributed by atoms with E-state index in [-0.39, 0.29) is 17.8 Å². The van der Waals surface area contributed by atoms with Gasteiger partial charge < -0.3 is 4.74 Å². The Labute approximate surface area is 71.6 Å². The summed E-state index contributed by atoms with van der Waals surface area (Å²) in [7, 11) is 1.36. The number of methoxy groups -OCH3 is 1. The van der Waals surface area contributed by atoms with Crippen LogP contribution in [0.5, 0.6) is 0 Å². The summed E-state index contributed by atoms with van der Waals surface area (Å²) < 4.78 is 4.60. The molecule has 0 fully saturated rings. The molecule has 0 aromatic carbocycles. The van der Waals surface area contributed by atoms with E-state index in [0.29, 0.717) is 12.8 Å². The number of esters is 1. The molecule has 2 unspecified atom stereocenters. The average Bonchev–Trinajstić information content (AvgIpc) is 2.16. The first-order valence-corrected chi connectivity index (χ1v) is 3.92. The third-order valence-electron chi connectivity index (χ3n) is 2.10. The number of ether oxygens (including phenoxy) is 1. The van der Waals surface area contributed by atoms with Crippen LogP contribution in [0.2, 0.25) is 0 Å². The highest BCUT2D eigenvalue weighted by Gasteiger charge is 2.29. The van der Waals surface area contributed by atoms with E-state index < -0.39 is 0 Å². The van der Waals surface area contributed by atoms with Crippen LogP contribution >= 0.6 is 0 Å². The number of nitriles is 1. The number of hydrogen-bond donors (Lipinski definition) is 0. The molecule has 0 aromatic heterocycles. The van der Waals surface area contributed by atoms with Crippen molar-refractivity contribution >= 4 is 5.97 Å². The van der Waals surface area contributed by atoms with Crippen molar-refractivity contribution in [3.63, 3.8) is 0 Å². The van der Waals surface area contributed by atoms with Crippen molar-refractivity contribution < 1.29 is 9.53 Å². The van der Waals surface area contributed by atoms with Gasteiger partial charge in [0.15, 0.2) is 0 Å². The molecular weight excluding hydrogens is 154 g/mol. The monoisotopic (exact) mass is 165 g/mol. The molecular formula is C9H11NO2. The van der Waals surface area contributed by atoms with E-state index >= 15 is 0 Å². The van der Waals surface area contributed by atoms with Gasteiger partial charge in [0.25, 0.3) is 0 Å². The fourth-order valence-corrected chi connectivity index (χ4v) is 1.37. The second-order valence-electron chi connectivity index (χ2n) is 2.81. The Morgan fingerprint density at radius 2 is 2.25 bits per heavy atom. The van der Waals surface area contributed by atoms with Crippen molar-refractivity contribution in [1.29, 1.82) is 5.26 Å². The first kappa shape index (κ1) is 8.79. The molecule has 64 valence electrons. The number of hydrogen-bond acceptors (Lipinski definition) is 3. The molecule has 3 heteroatoms. The van der Waals surface area contributed by atoms with E-state index in [4.69, 9.17) is 5.26 Å². The van der Waals surface area contributed by atoms with Crippen molar-refractivity contribution in [3.8, 4) is 6.07 Å². The first-order valence-electron chi connectivity index (χ1n) is 3.92. The molecule has 0 amide bonds. The van der Waals surface area contributed by atoms with Crippen molar-refractivity contribution in [2.75, 3.05) is 7.11 Å². The maximum Gasteiger partial charge on any atom is 0.310 e. The van der Waals surface area contributed by atoms with E-state index in [2.05, 4.69) is 10.8 Å². The quantitative estimate of drug-likeness (QED) is 0.434. The predicted molar refractivity (Wildman–Crippen MR) is 43.0 cm³/mol. The molecule has 0 bridgehead atoms. The number of carbonyl (C=O) groups is 1. The van der Waals surface area contributed by atoms with Gasteiger partial charge in [-0.05, 0) is 12.8 Å². The Balaban J connectivity index is 2.68. The van der Waals surface area contributed by atoms with Crippen LogP contribution in [0.15, 0.2) is 12.2 Å². The van der Waals surface area contributed by atoms with Crippen molar-refractivity contribution in [2.45, 2.75) is 12.8 Å². The molecule has 1 aliphatic rings. The summed E-state index contributed by atoms with van der Waals surface area (Å²) in [6.45, 7) is 0. The third kappa shape index (κ3) is 1.65. The molecule has 3 nitrogen and oxygen atoms in total. The van der Waals surface area contributed by atoms with E-state index in [1.54, 1.807) is 0 Å². The molecule has 0 saturated heterocycles. The molecule has 12 heavy (non-hydrogen) atoms. The molecule has 0 aliphatic heterocycles. The fourth-order valence-electron chi connectivity index (χ4n) is 1.37. The Morgan fingerprint density at radius 3 is 2.83 bits per heavy atom. The molecule has 0 saturated carbocycles. The van der Waals surface area contributed by atoms with Gasteiger partial charge in [0.2, 0.25) is 0 Å². The van der Waals surface area contributed by atoms with Gasteiger partial charge in [0.05, 0.1) is 25.0 Å². The van der Waals surface area contributed by atoms with E-state index in [0.717, 1.165) is 0 Å². The minimum absolute atomic E-state index is 0.206. The summed E-state index contributed by atoms with van der Waals surface area (Å²) in [5.74, 6) is -0.738. The molecule has 0 heterocycles.